The van der Waals surface area contributed by atoms with Gasteiger partial charge in [0.15, 0.2) is 0 Å². The Kier molecular flexibility index (Phi) is 3.48. The van der Waals surface area contributed by atoms with E-state index in [1.807, 2.05) is 0 Å². The Labute approximate surface area is 102 Å². The lowest BCUT2D eigenvalue weighted by atomic mass is 9.85. The molecular weight excluding hydrogens is 216 g/mol. The number of amides is 1. The third-order valence-electron chi connectivity index (χ3n) is 3.10. The van der Waals surface area contributed by atoms with Crippen LogP contribution in [0.2, 0.25) is 0 Å². The Morgan fingerprint density at radius 3 is 2.35 bits per heavy atom. The van der Waals surface area contributed by atoms with Crippen molar-refractivity contribution in [1.29, 1.82) is 0 Å². The highest BCUT2D eigenvalue weighted by molar-refractivity contribution is 5.95. The molecule has 4 heteroatoms. The summed E-state index contributed by atoms with van der Waals surface area (Å²) in [5.41, 5.74) is 4.91. The van der Waals surface area contributed by atoms with Gasteiger partial charge in [-0.2, -0.15) is 0 Å². The van der Waals surface area contributed by atoms with E-state index in [2.05, 4.69) is 5.32 Å². The molecule has 0 bridgehead atoms. The summed E-state index contributed by atoms with van der Waals surface area (Å²) >= 11 is 0. The number of nitrogen functional groups attached to an aromatic ring is 1. The monoisotopic (exact) mass is 236 g/mol. The van der Waals surface area contributed by atoms with Crippen molar-refractivity contribution in [3.63, 3.8) is 0 Å². The van der Waals surface area contributed by atoms with E-state index in [9.17, 15) is 9.90 Å². The van der Waals surface area contributed by atoms with Crippen molar-refractivity contribution >= 4 is 11.6 Å². The molecule has 0 aliphatic rings. The highest BCUT2D eigenvalue weighted by Gasteiger charge is 2.36. The number of benzene rings is 1. The molecule has 1 amide bonds. The van der Waals surface area contributed by atoms with Gasteiger partial charge in [-0.1, -0.05) is 6.07 Å². The lowest BCUT2D eigenvalue weighted by molar-refractivity contribution is -0.00292. The highest BCUT2D eigenvalue weighted by Crippen LogP contribution is 2.21. The van der Waals surface area contributed by atoms with Gasteiger partial charge in [-0.05, 0) is 45.9 Å². The fraction of sp³-hybridized carbons (Fsp3) is 0.462. The number of carbonyl (C=O) groups is 1. The number of anilines is 1. The minimum Gasteiger partial charge on any atom is -0.399 e. The summed E-state index contributed by atoms with van der Waals surface area (Å²) < 4.78 is 0. The van der Waals surface area contributed by atoms with E-state index in [0.717, 1.165) is 0 Å². The van der Waals surface area contributed by atoms with Crippen molar-refractivity contribution in [2.45, 2.75) is 38.8 Å². The van der Waals surface area contributed by atoms with Crippen LogP contribution in [0.1, 0.15) is 38.1 Å². The first-order chi connectivity index (χ1) is 7.63. The van der Waals surface area contributed by atoms with Crippen molar-refractivity contribution in [3.05, 3.63) is 29.8 Å². The van der Waals surface area contributed by atoms with Crippen molar-refractivity contribution in [2.24, 2.45) is 0 Å². The molecule has 0 fully saturated rings. The van der Waals surface area contributed by atoms with Gasteiger partial charge >= 0.3 is 0 Å². The third-order valence-corrected chi connectivity index (χ3v) is 3.10. The zero-order chi connectivity index (χ0) is 13.3. The van der Waals surface area contributed by atoms with Crippen molar-refractivity contribution in [1.82, 2.24) is 5.32 Å². The van der Waals surface area contributed by atoms with Gasteiger partial charge < -0.3 is 16.2 Å². The van der Waals surface area contributed by atoms with Crippen LogP contribution in [0.3, 0.4) is 0 Å². The zero-order valence-corrected chi connectivity index (χ0v) is 10.7. The van der Waals surface area contributed by atoms with E-state index in [4.69, 9.17) is 5.73 Å². The molecule has 0 atom stereocenters. The fourth-order valence-electron chi connectivity index (χ4n) is 1.19. The second-order valence-electron chi connectivity index (χ2n) is 5.26. The van der Waals surface area contributed by atoms with Crippen LogP contribution in [0, 0.1) is 0 Å². The molecule has 1 aromatic rings. The van der Waals surface area contributed by atoms with Crippen molar-refractivity contribution in [3.8, 4) is 0 Å². The Bertz CT molecular complexity index is 420. The second kappa shape index (κ2) is 4.37. The topological polar surface area (TPSA) is 75.3 Å². The van der Waals surface area contributed by atoms with Crippen molar-refractivity contribution < 1.29 is 9.90 Å². The maximum atomic E-state index is 12.0. The molecule has 0 heterocycles. The predicted octanol–water partition coefficient (Wildman–Crippen LogP) is 1.55. The first-order valence-corrected chi connectivity index (χ1v) is 5.54. The largest absolute Gasteiger partial charge is 0.399 e. The molecule has 0 radical (unpaired) electrons. The van der Waals surface area contributed by atoms with Crippen LogP contribution < -0.4 is 11.1 Å². The molecule has 0 aliphatic heterocycles. The summed E-state index contributed by atoms with van der Waals surface area (Å²) in [5, 5.41) is 12.8. The summed E-state index contributed by atoms with van der Waals surface area (Å²) in [6, 6.07) is 6.74. The van der Waals surface area contributed by atoms with Gasteiger partial charge in [0, 0.05) is 11.3 Å². The van der Waals surface area contributed by atoms with Crippen molar-refractivity contribution in [2.75, 3.05) is 5.73 Å². The number of aliphatic hydroxyl groups is 1. The second-order valence-corrected chi connectivity index (χ2v) is 5.26. The van der Waals surface area contributed by atoms with Gasteiger partial charge in [0.05, 0.1) is 11.1 Å². The van der Waals surface area contributed by atoms with Crippen LogP contribution >= 0.6 is 0 Å². The van der Waals surface area contributed by atoms with E-state index in [1.54, 1.807) is 52.0 Å². The van der Waals surface area contributed by atoms with Crippen LogP contribution in [0.5, 0.6) is 0 Å². The van der Waals surface area contributed by atoms with Gasteiger partial charge in [-0.3, -0.25) is 4.79 Å². The van der Waals surface area contributed by atoms with Crippen LogP contribution in [0.15, 0.2) is 24.3 Å². The summed E-state index contributed by atoms with van der Waals surface area (Å²) in [4.78, 5) is 12.0. The van der Waals surface area contributed by atoms with Crippen LogP contribution in [-0.2, 0) is 0 Å². The van der Waals surface area contributed by atoms with E-state index in [1.165, 1.54) is 0 Å². The number of hydrogen-bond acceptors (Lipinski definition) is 3. The molecule has 94 valence electrons. The van der Waals surface area contributed by atoms with Gasteiger partial charge in [-0.15, -0.1) is 0 Å². The number of hydrogen-bond donors (Lipinski definition) is 3. The zero-order valence-electron chi connectivity index (χ0n) is 10.7. The predicted molar refractivity (Wildman–Crippen MR) is 68.7 cm³/mol. The molecule has 0 unspecified atom stereocenters. The molecular formula is C13H20N2O2. The van der Waals surface area contributed by atoms with Crippen LogP contribution in [0.25, 0.3) is 0 Å². The van der Waals surface area contributed by atoms with Gasteiger partial charge in [0.25, 0.3) is 5.91 Å². The number of nitrogens with one attached hydrogen (secondary N) is 1. The number of nitrogens with two attached hydrogens (primary N) is 1. The average molecular weight is 236 g/mol. The van der Waals surface area contributed by atoms with E-state index in [0.29, 0.717) is 11.3 Å². The molecule has 0 saturated carbocycles. The van der Waals surface area contributed by atoms with E-state index in [-0.39, 0.29) is 5.91 Å². The third kappa shape index (κ3) is 3.20. The minimum atomic E-state index is -1.01. The van der Waals surface area contributed by atoms with Gasteiger partial charge in [0.1, 0.15) is 0 Å². The summed E-state index contributed by atoms with van der Waals surface area (Å²) in [6.07, 6.45) is 0. The molecule has 0 aliphatic carbocycles. The van der Waals surface area contributed by atoms with Crippen LogP contribution in [-0.4, -0.2) is 22.2 Å². The Morgan fingerprint density at radius 2 is 1.88 bits per heavy atom. The number of carbonyl (C=O) groups excluding carboxylic acids is 1. The first-order valence-electron chi connectivity index (χ1n) is 5.54. The molecule has 4 nitrogen and oxygen atoms in total. The van der Waals surface area contributed by atoms with Gasteiger partial charge in [-0.25, -0.2) is 0 Å². The molecule has 0 aromatic heterocycles. The molecule has 0 saturated heterocycles. The SMILES string of the molecule is CC(C)(O)C(C)(C)NC(=O)c1cccc(N)c1. The molecule has 17 heavy (non-hydrogen) atoms. The fourth-order valence-corrected chi connectivity index (χ4v) is 1.19. The molecule has 0 spiro atoms. The van der Waals surface area contributed by atoms with Gasteiger partial charge in [0.2, 0.25) is 0 Å². The Balaban J connectivity index is 2.87. The van der Waals surface area contributed by atoms with E-state index < -0.39 is 11.1 Å². The Hall–Kier alpha value is -1.55. The Morgan fingerprint density at radius 1 is 1.29 bits per heavy atom. The summed E-state index contributed by atoms with van der Waals surface area (Å²) in [5.74, 6) is -0.246. The normalized spacial score (nSPS) is 12.3. The minimum absolute atomic E-state index is 0.246. The van der Waals surface area contributed by atoms with Crippen LogP contribution in [0.4, 0.5) is 5.69 Å². The first kappa shape index (κ1) is 13.5. The summed E-state index contributed by atoms with van der Waals surface area (Å²) in [7, 11) is 0. The quantitative estimate of drug-likeness (QED) is 0.697. The summed E-state index contributed by atoms with van der Waals surface area (Å²) in [6.45, 7) is 6.87. The maximum absolute atomic E-state index is 12.0. The molecule has 4 N–H and O–H groups in total. The maximum Gasteiger partial charge on any atom is 0.251 e. The lowest BCUT2D eigenvalue weighted by Gasteiger charge is -2.38. The number of rotatable bonds is 3. The average Bonchev–Trinajstić information content (AvgIpc) is 2.15. The lowest BCUT2D eigenvalue weighted by Crippen LogP contribution is -2.57. The molecule has 1 aromatic carbocycles. The molecule has 1 rings (SSSR count). The van der Waals surface area contributed by atoms with E-state index >= 15 is 0 Å². The standard InChI is InChI=1S/C13H20N2O2/c1-12(2,13(3,4)17)15-11(16)9-6-5-7-10(14)8-9/h5-8,17H,14H2,1-4H3,(H,15,16). The highest BCUT2D eigenvalue weighted by atomic mass is 16.3. The smallest absolute Gasteiger partial charge is 0.251 e.